The summed E-state index contributed by atoms with van der Waals surface area (Å²) >= 11 is 0. The van der Waals surface area contributed by atoms with Gasteiger partial charge in [-0.3, -0.25) is 19.2 Å². The molecule has 0 saturated carbocycles. The highest BCUT2D eigenvalue weighted by atomic mass is 16.2. The molecule has 2 atom stereocenters. The van der Waals surface area contributed by atoms with Crippen molar-refractivity contribution in [2.24, 2.45) is 11.5 Å². The van der Waals surface area contributed by atoms with Crippen LogP contribution in [0, 0.1) is 0 Å². The van der Waals surface area contributed by atoms with Crippen LogP contribution in [-0.2, 0) is 16.0 Å². The number of nitrogens with one attached hydrogen (secondary N) is 6. The first-order chi connectivity index (χ1) is 38.2. The summed E-state index contributed by atoms with van der Waals surface area (Å²) in [6.07, 6.45) is 10.9. The normalized spacial score (nSPS) is 15.2. The van der Waals surface area contributed by atoms with Crippen molar-refractivity contribution in [1.29, 1.82) is 0 Å². The van der Waals surface area contributed by atoms with Gasteiger partial charge in [0.2, 0.25) is 17.8 Å². The van der Waals surface area contributed by atoms with Crippen molar-refractivity contribution in [3.05, 3.63) is 158 Å². The molecule has 8 aromatic rings. The summed E-state index contributed by atoms with van der Waals surface area (Å²) in [5.74, 6) is 1.68. The monoisotopic (exact) mass is 1060 g/mol. The van der Waals surface area contributed by atoms with Crippen LogP contribution in [0.1, 0.15) is 78.8 Å². The van der Waals surface area contributed by atoms with Gasteiger partial charge in [0, 0.05) is 101 Å². The van der Waals surface area contributed by atoms with E-state index in [4.69, 9.17) is 26.4 Å². The first-order valence-electron chi connectivity index (χ1n) is 26.3. The van der Waals surface area contributed by atoms with Gasteiger partial charge in [0.25, 0.3) is 11.8 Å². The topological polar surface area (TPSA) is 273 Å². The van der Waals surface area contributed by atoms with E-state index in [0.717, 1.165) is 91.6 Å². The van der Waals surface area contributed by atoms with Gasteiger partial charge in [0.1, 0.15) is 11.6 Å². The second-order valence-corrected chi connectivity index (χ2v) is 19.6. The average molecular weight is 1060 g/mol. The van der Waals surface area contributed by atoms with Gasteiger partial charge in [0.05, 0.1) is 12.5 Å². The molecule has 2 fully saturated rings. The Labute approximate surface area is 457 Å². The Kier molecular flexibility index (Phi) is 17.0. The third kappa shape index (κ3) is 13.4. The number of benzene rings is 4. The Hall–Kier alpha value is -9.47. The fourth-order valence-corrected chi connectivity index (χ4v) is 9.25. The third-order valence-corrected chi connectivity index (χ3v) is 13.4. The molecule has 4 aromatic carbocycles. The average Bonchev–Trinajstić information content (AvgIpc) is 4.20. The lowest BCUT2D eigenvalue weighted by Gasteiger charge is -2.32. The van der Waals surface area contributed by atoms with Crippen LogP contribution in [0.2, 0.25) is 0 Å². The minimum Gasteiger partial charge on any atom is -0.355 e. The molecule has 10 N–H and O–H groups in total. The van der Waals surface area contributed by atoms with E-state index in [1.54, 1.807) is 54.9 Å². The van der Waals surface area contributed by atoms with E-state index in [1.165, 1.54) is 12.2 Å². The Balaban J connectivity index is 0.000000192. The molecule has 6 heterocycles. The number of piperidine rings is 2. The van der Waals surface area contributed by atoms with Gasteiger partial charge in [-0.25, -0.2) is 9.97 Å². The first kappa shape index (κ1) is 54.3. The van der Waals surface area contributed by atoms with Crippen molar-refractivity contribution in [1.82, 2.24) is 34.1 Å². The number of hydrogen-bond donors (Lipinski definition) is 8. The summed E-state index contributed by atoms with van der Waals surface area (Å²) < 4.78 is 3.84. The van der Waals surface area contributed by atoms with Crippen LogP contribution in [0.4, 0.5) is 57.5 Å². The number of nitrogens with two attached hydrogens (primary N) is 2. The van der Waals surface area contributed by atoms with Gasteiger partial charge in [-0.1, -0.05) is 32.2 Å². The number of aryl methyl sites for hydroxylation is 1. The number of carbonyl (C=O) groups excluding carboxylic acids is 4. The van der Waals surface area contributed by atoms with E-state index in [0.29, 0.717) is 57.7 Å². The molecule has 4 amide bonds. The number of anilines is 10. The van der Waals surface area contributed by atoms with E-state index in [1.807, 2.05) is 69.9 Å². The smallest absolute Gasteiger partial charge is 0.255 e. The molecule has 2 saturated heterocycles. The minimum absolute atomic E-state index is 0.0851. The minimum atomic E-state index is -0.315. The summed E-state index contributed by atoms with van der Waals surface area (Å²) in [5.41, 5.74) is 20.6. The van der Waals surface area contributed by atoms with E-state index < -0.39 is 0 Å². The van der Waals surface area contributed by atoms with E-state index in [9.17, 15) is 19.2 Å². The number of nitrogens with zero attached hydrogens (tertiary/aromatic N) is 9. The van der Waals surface area contributed by atoms with Crippen LogP contribution >= 0.6 is 0 Å². The lowest BCUT2D eigenvalue weighted by Crippen LogP contribution is -2.43. The lowest BCUT2D eigenvalue weighted by atomic mass is 10.1. The number of carbonyl (C=O) groups is 4. The maximum absolute atomic E-state index is 12.9. The molecule has 0 spiro atoms. The summed E-state index contributed by atoms with van der Waals surface area (Å²) in [6.45, 7) is 16.4. The SMILES string of the molecule is C=CC(=O)Nc1ccc(C(=O)Nc2cccc(Nc3cc(N4CCCC(N)C4)nc4c(CC)cnn34)c2)cc1.C=CC(=O)Nc1ccc(C(=O)Nc2cccc(Nc3nc(N4CCCC(N)C4)nc4c3ncn4C(C)C)c2)cc1. The zero-order valence-electron chi connectivity index (χ0n) is 44.4. The second kappa shape index (κ2) is 24.7. The summed E-state index contributed by atoms with van der Waals surface area (Å²) in [5, 5.41) is 22.6. The van der Waals surface area contributed by atoms with Gasteiger partial charge < -0.3 is 57.7 Å². The van der Waals surface area contributed by atoms with Crippen LogP contribution in [-0.4, -0.2) is 96.0 Å². The summed E-state index contributed by atoms with van der Waals surface area (Å²) in [6, 6.07) is 30.5. The van der Waals surface area contributed by atoms with Gasteiger partial charge in [-0.05, 0) is 143 Å². The van der Waals surface area contributed by atoms with Crippen molar-refractivity contribution < 1.29 is 19.2 Å². The Morgan fingerprint density at radius 1 is 0.658 bits per heavy atom. The predicted molar refractivity (Wildman–Crippen MR) is 313 cm³/mol. The van der Waals surface area contributed by atoms with Crippen molar-refractivity contribution >= 4 is 98.0 Å². The molecule has 21 heteroatoms. The maximum Gasteiger partial charge on any atom is 0.255 e. The molecule has 406 valence electrons. The lowest BCUT2D eigenvalue weighted by molar-refractivity contribution is -0.112. The Bertz CT molecular complexity index is 3520. The number of fused-ring (bicyclic) bond motifs is 2. The van der Waals surface area contributed by atoms with Crippen LogP contribution in [0.25, 0.3) is 16.8 Å². The molecule has 0 bridgehead atoms. The maximum atomic E-state index is 12.9. The van der Waals surface area contributed by atoms with Crippen molar-refractivity contribution in [3.63, 3.8) is 0 Å². The number of hydrogen-bond acceptors (Lipinski definition) is 15. The molecular weight excluding hydrogens is 999 g/mol. The highest BCUT2D eigenvalue weighted by molar-refractivity contribution is 6.06. The fourth-order valence-electron chi connectivity index (χ4n) is 9.25. The molecule has 0 radical (unpaired) electrons. The molecule has 2 aliphatic heterocycles. The van der Waals surface area contributed by atoms with Gasteiger partial charge >= 0.3 is 0 Å². The van der Waals surface area contributed by atoms with Crippen LogP contribution in [0.15, 0.2) is 141 Å². The molecule has 2 aliphatic rings. The highest BCUT2D eigenvalue weighted by Crippen LogP contribution is 2.31. The predicted octanol–water partition coefficient (Wildman–Crippen LogP) is 8.79. The summed E-state index contributed by atoms with van der Waals surface area (Å²) in [4.78, 5) is 72.3. The van der Waals surface area contributed by atoms with E-state index in [-0.39, 0.29) is 41.8 Å². The van der Waals surface area contributed by atoms with Gasteiger partial charge in [-0.2, -0.15) is 19.6 Å². The first-order valence-corrected chi connectivity index (χ1v) is 26.3. The summed E-state index contributed by atoms with van der Waals surface area (Å²) in [7, 11) is 0. The van der Waals surface area contributed by atoms with Gasteiger partial charge in [0.15, 0.2) is 22.6 Å². The standard InChI is InChI=1S/C29H33N9O2.C29H32N8O2/c1-4-24(39)32-21-12-10-19(11-13-21)28(40)34-23-9-5-8-22(15-23)33-26-25-27(38(17-31-25)18(2)3)36-29(35-26)37-14-6-7-20(30)16-37;1-3-19-17-31-37-26(16-25(35-28(19)37)36-14-6-7-21(30)18-36)32-23-8-5-9-24(15-23)34-29(39)20-10-12-22(13-11-20)33-27(38)4-2/h4-5,8-13,15,17-18,20H,1,6-7,14,16,30H2,2-3H3,(H,32,39)(H,34,40)(H,33,35,36);4-5,8-13,15-17,21,32H,2-3,6-7,14,18,30H2,1H3,(H,33,38)(H,34,39). The van der Waals surface area contributed by atoms with Crippen LogP contribution in [0.5, 0.6) is 0 Å². The Morgan fingerprint density at radius 2 is 1.20 bits per heavy atom. The third-order valence-electron chi connectivity index (χ3n) is 13.4. The molecule has 79 heavy (non-hydrogen) atoms. The highest BCUT2D eigenvalue weighted by Gasteiger charge is 2.24. The molecule has 21 nitrogen and oxygen atoms in total. The molecular formula is C58H65N17O4. The Morgan fingerprint density at radius 3 is 1.75 bits per heavy atom. The molecule has 2 unspecified atom stereocenters. The molecule has 10 rings (SSSR count). The fraction of sp³-hybridized carbons (Fsp3) is 0.259. The van der Waals surface area contributed by atoms with Crippen molar-refractivity contribution in [2.45, 2.75) is 71.0 Å². The van der Waals surface area contributed by atoms with Gasteiger partial charge in [-0.15, -0.1) is 0 Å². The number of aromatic nitrogens is 7. The van der Waals surface area contributed by atoms with Crippen molar-refractivity contribution in [3.8, 4) is 0 Å². The molecule has 4 aromatic heterocycles. The van der Waals surface area contributed by atoms with Crippen LogP contribution in [0.3, 0.4) is 0 Å². The quantitative estimate of drug-likeness (QED) is 0.0420. The number of imidazole rings is 1. The molecule has 0 aliphatic carbocycles. The number of rotatable bonds is 16. The second-order valence-electron chi connectivity index (χ2n) is 19.6. The van der Waals surface area contributed by atoms with E-state index in [2.05, 4.69) is 85.7 Å². The number of amides is 4. The zero-order valence-corrected chi connectivity index (χ0v) is 44.4. The van der Waals surface area contributed by atoms with Crippen molar-refractivity contribution in [2.75, 3.05) is 67.9 Å². The zero-order chi connectivity index (χ0) is 55.6. The van der Waals surface area contributed by atoms with E-state index >= 15 is 0 Å². The van der Waals surface area contributed by atoms with Crippen LogP contribution < -0.4 is 53.2 Å². The largest absolute Gasteiger partial charge is 0.355 e.